The third-order valence-electron chi connectivity index (χ3n) is 2.86. The SMILES string of the molecule is C=C1C=CC(=O)C2(CCCCC2)O1. The fourth-order valence-electron chi connectivity index (χ4n) is 2.13. The van der Waals surface area contributed by atoms with Gasteiger partial charge >= 0.3 is 0 Å². The quantitative estimate of drug-likeness (QED) is 0.569. The molecule has 1 heterocycles. The van der Waals surface area contributed by atoms with Gasteiger partial charge in [-0.25, -0.2) is 0 Å². The number of hydrogen-bond donors (Lipinski definition) is 0. The zero-order chi connectivity index (χ0) is 9.31. The Hall–Kier alpha value is -1.05. The van der Waals surface area contributed by atoms with Crippen LogP contribution in [0.3, 0.4) is 0 Å². The van der Waals surface area contributed by atoms with Crippen molar-refractivity contribution in [3.63, 3.8) is 0 Å². The first-order chi connectivity index (χ1) is 6.23. The molecular weight excluding hydrogens is 164 g/mol. The molecule has 1 spiro atoms. The Kier molecular flexibility index (Phi) is 1.98. The van der Waals surface area contributed by atoms with Crippen LogP contribution >= 0.6 is 0 Å². The Balaban J connectivity index is 2.24. The summed E-state index contributed by atoms with van der Waals surface area (Å²) in [4.78, 5) is 11.7. The number of carbonyl (C=O) groups is 1. The van der Waals surface area contributed by atoms with E-state index < -0.39 is 5.60 Å². The van der Waals surface area contributed by atoms with Gasteiger partial charge < -0.3 is 4.74 Å². The van der Waals surface area contributed by atoms with Crippen molar-refractivity contribution in [3.05, 3.63) is 24.5 Å². The Labute approximate surface area is 78.3 Å². The lowest BCUT2D eigenvalue weighted by atomic mass is 9.80. The van der Waals surface area contributed by atoms with Gasteiger partial charge in [-0.1, -0.05) is 13.0 Å². The molecule has 0 aromatic carbocycles. The molecule has 0 N–H and O–H groups in total. The molecule has 0 amide bonds. The smallest absolute Gasteiger partial charge is 0.199 e. The van der Waals surface area contributed by atoms with Crippen molar-refractivity contribution >= 4 is 5.78 Å². The van der Waals surface area contributed by atoms with Crippen molar-refractivity contribution in [2.75, 3.05) is 0 Å². The molecule has 0 aromatic rings. The van der Waals surface area contributed by atoms with E-state index in [1.54, 1.807) is 12.2 Å². The molecule has 2 rings (SSSR count). The van der Waals surface area contributed by atoms with E-state index in [2.05, 4.69) is 6.58 Å². The molecule has 0 unspecified atom stereocenters. The van der Waals surface area contributed by atoms with E-state index in [0.29, 0.717) is 5.76 Å². The van der Waals surface area contributed by atoms with E-state index in [-0.39, 0.29) is 5.78 Å². The molecule has 1 aliphatic heterocycles. The Morgan fingerprint density at radius 2 is 1.92 bits per heavy atom. The topological polar surface area (TPSA) is 26.3 Å². The summed E-state index contributed by atoms with van der Waals surface area (Å²) in [5.74, 6) is 0.751. The van der Waals surface area contributed by atoms with Crippen LogP contribution in [0.2, 0.25) is 0 Å². The number of ketones is 1. The third-order valence-corrected chi connectivity index (χ3v) is 2.86. The summed E-state index contributed by atoms with van der Waals surface area (Å²) in [6.45, 7) is 3.74. The summed E-state index contributed by atoms with van der Waals surface area (Å²) in [5, 5.41) is 0. The largest absolute Gasteiger partial charge is 0.480 e. The van der Waals surface area contributed by atoms with E-state index in [4.69, 9.17) is 4.74 Å². The minimum Gasteiger partial charge on any atom is -0.480 e. The van der Waals surface area contributed by atoms with Crippen LogP contribution in [0, 0.1) is 0 Å². The maximum atomic E-state index is 11.7. The molecule has 2 aliphatic rings. The summed E-state index contributed by atoms with van der Waals surface area (Å²) < 4.78 is 5.60. The highest BCUT2D eigenvalue weighted by Crippen LogP contribution is 2.36. The summed E-state index contributed by atoms with van der Waals surface area (Å²) in [5.41, 5.74) is -0.538. The maximum absolute atomic E-state index is 11.7. The van der Waals surface area contributed by atoms with Gasteiger partial charge in [0.05, 0.1) is 0 Å². The van der Waals surface area contributed by atoms with Gasteiger partial charge in [0.1, 0.15) is 5.76 Å². The Morgan fingerprint density at radius 3 is 2.62 bits per heavy atom. The molecule has 1 fully saturated rings. The van der Waals surface area contributed by atoms with Gasteiger partial charge in [0.15, 0.2) is 11.4 Å². The normalized spacial score (nSPS) is 26.2. The van der Waals surface area contributed by atoms with Gasteiger partial charge in [0.2, 0.25) is 0 Å². The lowest BCUT2D eigenvalue weighted by molar-refractivity contribution is -0.139. The number of hydrogen-bond acceptors (Lipinski definition) is 2. The van der Waals surface area contributed by atoms with Crippen molar-refractivity contribution in [1.82, 2.24) is 0 Å². The van der Waals surface area contributed by atoms with Gasteiger partial charge in [-0.15, -0.1) is 0 Å². The first-order valence-electron chi connectivity index (χ1n) is 4.83. The molecule has 1 saturated carbocycles. The van der Waals surface area contributed by atoms with Crippen LogP contribution in [0.15, 0.2) is 24.5 Å². The van der Waals surface area contributed by atoms with E-state index in [1.165, 1.54) is 6.42 Å². The predicted molar refractivity (Wildman–Crippen MR) is 50.2 cm³/mol. The highest BCUT2D eigenvalue weighted by atomic mass is 16.5. The van der Waals surface area contributed by atoms with Crippen molar-refractivity contribution in [3.8, 4) is 0 Å². The minimum atomic E-state index is -0.538. The average molecular weight is 178 g/mol. The van der Waals surface area contributed by atoms with Crippen LogP contribution in [0.1, 0.15) is 32.1 Å². The number of allylic oxidation sites excluding steroid dienone is 1. The van der Waals surface area contributed by atoms with Crippen molar-refractivity contribution < 1.29 is 9.53 Å². The van der Waals surface area contributed by atoms with E-state index in [1.807, 2.05) is 0 Å². The molecule has 0 atom stereocenters. The van der Waals surface area contributed by atoms with E-state index in [9.17, 15) is 4.79 Å². The molecule has 0 bridgehead atoms. The molecular formula is C11H14O2. The van der Waals surface area contributed by atoms with Gasteiger partial charge in [0.25, 0.3) is 0 Å². The minimum absolute atomic E-state index is 0.125. The maximum Gasteiger partial charge on any atom is 0.199 e. The van der Waals surface area contributed by atoms with Crippen molar-refractivity contribution in [2.45, 2.75) is 37.7 Å². The third kappa shape index (κ3) is 1.41. The molecule has 0 aromatic heterocycles. The number of ether oxygens (including phenoxy) is 1. The standard InChI is InChI=1S/C11H14O2/c1-9-5-6-10(12)11(13-9)7-3-2-4-8-11/h5-6H,1-4,7-8H2. The van der Waals surface area contributed by atoms with Crippen LogP contribution in [-0.2, 0) is 9.53 Å². The summed E-state index contributed by atoms with van der Waals surface area (Å²) in [7, 11) is 0. The van der Waals surface area contributed by atoms with Gasteiger partial charge in [-0.2, -0.15) is 0 Å². The second kappa shape index (κ2) is 3.02. The predicted octanol–water partition coefficient (Wildman–Crippen LogP) is 2.36. The van der Waals surface area contributed by atoms with E-state index in [0.717, 1.165) is 25.7 Å². The van der Waals surface area contributed by atoms with Crippen LogP contribution in [-0.4, -0.2) is 11.4 Å². The Bertz CT molecular complexity index is 270. The zero-order valence-electron chi connectivity index (χ0n) is 7.71. The highest BCUT2D eigenvalue weighted by molar-refractivity contribution is 5.98. The van der Waals surface area contributed by atoms with Gasteiger partial charge in [-0.05, 0) is 37.8 Å². The summed E-state index contributed by atoms with van der Waals surface area (Å²) in [6, 6.07) is 0. The molecule has 0 radical (unpaired) electrons. The van der Waals surface area contributed by atoms with Crippen LogP contribution < -0.4 is 0 Å². The zero-order valence-corrected chi connectivity index (χ0v) is 7.71. The highest BCUT2D eigenvalue weighted by Gasteiger charge is 2.41. The van der Waals surface area contributed by atoms with E-state index >= 15 is 0 Å². The van der Waals surface area contributed by atoms with Gasteiger partial charge in [-0.3, -0.25) is 4.79 Å². The van der Waals surface area contributed by atoms with Crippen molar-refractivity contribution in [1.29, 1.82) is 0 Å². The molecule has 1 aliphatic carbocycles. The molecule has 13 heavy (non-hydrogen) atoms. The lowest BCUT2D eigenvalue weighted by Crippen LogP contribution is -2.43. The number of carbonyl (C=O) groups excluding carboxylic acids is 1. The second-order valence-corrected chi connectivity index (χ2v) is 3.82. The number of rotatable bonds is 0. The fraction of sp³-hybridized carbons (Fsp3) is 0.545. The molecule has 2 nitrogen and oxygen atoms in total. The summed E-state index contributed by atoms with van der Waals surface area (Å²) >= 11 is 0. The van der Waals surface area contributed by atoms with Crippen molar-refractivity contribution in [2.24, 2.45) is 0 Å². The van der Waals surface area contributed by atoms with Gasteiger partial charge in [0, 0.05) is 0 Å². The summed E-state index contributed by atoms with van der Waals surface area (Å²) in [6.07, 6.45) is 8.37. The fourth-order valence-corrected chi connectivity index (χ4v) is 2.13. The second-order valence-electron chi connectivity index (χ2n) is 3.82. The first-order valence-corrected chi connectivity index (χ1v) is 4.83. The monoisotopic (exact) mass is 178 g/mol. The average Bonchev–Trinajstić information content (AvgIpc) is 2.14. The van der Waals surface area contributed by atoms with Crippen LogP contribution in [0.25, 0.3) is 0 Å². The lowest BCUT2D eigenvalue weighted by Gasteiger charge is -2.37. The van der Waals surface area contributed by atoms with Crippen LogP contribution in [0.5, 0.6) is 0 Å². The molecule has 0 saturated heterocycles. The molecule has 2 heteroatoms. The van der Waals surface area contributed by atoms with Crippen LogP contribution in [0.4, 0.5) is 0 Å². The Morgan fingerprint density at radius 1 is 1.23 bits per heavy atom. The first kappa shape index (κ1) is 8.54. The molecule has 70 valence electrons.